The second kappa shape index (κ2) is 9.42. The van der Waals surface area contributed by atoms with Crippen molar-refractivity contribution in [1.82, 2.24) is 10.3 Å². The van der Waals surface area contributed by atoms with E-state index in [0.29, 0.717) is 29.5 Å². The molecule has 0 bridgehead atoms. The third-order valence-corrected chi connectivity index (χ3v) is 4.85. The van der Waals surface area contributed by atoms with Crippen molar-refractivity contribution in [2.75, 3.05) is 7.11 Å². The van der Waals surface area contributed by atoms with Crippen LogP contribution in [-0.4, -0.2) is 18.0 Å². The minimum Gasteiger partial charge on any atom is -0.497 e. The van der Waals surface area contributed by atoms with Gasteiger partial charge in [-0.2, -0.15) is 0 Å². The molecular formula is C22H23ClN2O3. The largest absolute Gasteiger partial charge is 0.497 e. The van der Waals surface area contributed by atoms with E-state index in [1.807, 2.05) is 49.4 Å². The summed E-state index contributed by atoms with van der Waals surface area (Å²) in [5, 5.41) is 3.67. The lowest BCUT2D eigenvalue weighted by molar-refractivity contribution is -0.121. The quantitative estimate of drug-likeness (QED) is 0.566. The predicted octanol–water partition coefficient (Wildman–Crippen LogP) is 5.20. The maximum absolute atomic E-state index is 12.4. The third-order valence-electron chi connectivity index (χ3n) is 4.52. The van der Waals surface area contributed by atoms with Crippen LogP contribution in [0.4, 0.5) is 0 Å². The molecule has 1 unspecified atom stereocenters. The zero-order valence-corrected chi connectivity index (χ0v) is 16.7. The van der Waals surface area contributed by atoms with Crippen LogP contribution in [-0.2, 0) is 11.2 Å². The Hall–Kier alpha value is -2.79. The Balaban J connectivity index is 1.57. The summed E-state index contributed by atoms with van der Waals surface area (Å²) in [5.41, 5.74) is 1.84. The fourth-order valence-corrected chi connectivity index (χ4v) is 3.18. The highest BCUT2D eigenvalue weighted by atomic mass is 35.5. The molecule has 1 heterocycles. The van der Waals surface area contributed by atoms with Crippen molar-refractivity contribution in [3.8, 4) is 17.1 Å². The van der Waals surface area contributed by atoms with E-state index < -0.39 is 0 Å². The molecule has 1 atom stereocenters. The van der Waals surface area contributed by atoms with Gasteiger partial charge in [0.1, 0.15) is 5.75 Å². The Labute approximate surface area is 169 Å². The van der Waals surface area contributed by atoms with Crippen molar-refractivity contribution < 1.29 is 13.9 Å². The zero-order valence-electron chi connectivity index (χ0n) is 15.9. The van der Waals surface area contributed by atoms with E-state index in [0.717, 1.165) is 23.3 Å². The first-order valence-electron chi connectivity index (χ1n) is 9.23. The number of oxazole rings is 1. The summed E-state index contributed by atoms with van der Waals surface area (Å²) in [6.45, 7) is 2.04. The Morgan fingerprint density at radius 1 is 1.21 bits per heavy atom. The number of halogens is 1. The lowest BCUT2D eigenvalue weighted by Gasteiger charge is -2.17. The van der Waals surface area contributed by atoms with E-state index in [4.69, 9.17) is 20.8 Å². The molecule has 0 aliphatic heterocycles. The van der Waals surface area contributed by atoms with Crippen molar-refractivity contribution in [3.63, 3.8) is 0 Å². The van der Waals surface area contributed by atoms with Crippen molar-refractivity contribution >= 4 is 17.5 Å². The number of benzene rings is 2. The van der Waals surface area contributed by atoms with Gasteiger partial charge >= 0.3 is 0 Å². The number of hydrogen-bond donors (Lipinski definition) is 1. The molecule has 0 radical (unpaired) electrons. The molecular weight excluding hydrogens is 376 g/mol. The van der Waals surface area contributed by atoms with Crippen molar-refractivity contribution in [2.45, 2.75) is 32.2 Å². The number of rotatable bonds is 8. The first-order valence-corrected chi connectivity index (χ1v) is 9.61. The van der Waals surface area contributed by atoms with E-state index in [1.54, 1.807) is 19.4 Å². The number of hydrogen-bond acceptors (Lipinski definition) is 4. The highest BCUT2D eigenvalue weighted by molar-refractivity contribution is 6.33. The summed E-state index contributed by atoms with van der Waals surface area (Å²) >= 11 is 6.19. The molecule has 146 valence electrons. The number of ether oxygens (including phenoxy) is 1. The van der Waals surface area contributed by atoms with Gasteiger partial charge in [0, 0.05) is 18.4 Å². The smallest absolute Gasteiger partial charge is 0.220 e. The number of amides is 1. The number of carbonyl (C=O) groups excluding carboxylic acids is 1. The van der Waals surface area contributed by atoms with Gasteiger partial charge in [-0.15, -0.1) is 0 Å². The molecule has 0 spiro atoms. The summed E-state index contributed by atoms with van der Waals surface area (Å²) < 4.78 is 10.9. The molecule has 0 aliphatic rings. The van der Waals surface area contributed by atoms with Crippen LogP contribution in [0.3, 0.4) is 0 Å². The SMILES string of the molecule is CCC(NC(=O)CCc1ncc(-c2ccccc2Cl)o1)c1ccc(OC)cc1. The Kier molecular flexibility index (Phi) is 6.71. The monoisotopic (exact) mass is 398 g/mol. The summed E-state index contributed by atoms with van der Waals surface area (Å²) in [6, 6.07) is 15.1. The van der Waals surface area contributed by atoms with Gasteiger partial charge in [0.25, 0.3) is 0 Å². The van der Waals surface area contributed by atoms with Gasteiger partial charge in [0.2, 0.25) is 5.91 Å². The topological polar surface area (TPSA) is 64.4 Å². The average molecular weight is 399 g/mol. The molecule has 3 rings (SSSR count). The number of nitrogens with one attached hydrogen (secondary N) is 1. The first-order chi connectivity index (χ1) is 13.6. The molecule has 28 heavy (non-hydrogen) atoms. The third kappa shape index (κ3) is 4.93. The van der Waals surface area contributed by atoms with Crippen LogP contribution in [0.15, 0.2) is 59.1 Å². The summed E-state index contributed by atoms with van der Waals surface area (Å²) in [7, 11) is 1.63. The zero-order chi connectivity index (χ0) is 19.9. The van der Waals surface area contributed by atoms with Gasteiger partial charge in [0.15, 0.2) is 11.7 Å². The minimum atomic E-state index is -0.0415. The Morgan fingerprint density at radius 2 is 1.96 bits per heavy atom. The summed E-state index contributed by atoms with van der Waals surface area (Å²) in [5.74, 6) is 1.87. The fraction of sp³-hybridized carbons (Fsp3) is 0.273. The van der Waals surface area contributed by atoms with E-state index in [-0.39, 0.29) is 11.9 Å². The number of aromatic nitrogens is 1. The van der Waals surface area contributed by atoms with Crippen LogP contribution in [0, 0.1) is 0 Å². The number of nitrogens with zero attached hydrogens (tertiary/aromatic N) is 1. The summed E-state index contributed by atoms with van der Waals surface area (Å²) in [6.07, 6.45) is 3.17. The van der Waals surface area contributed by atoms with E-state index in [1.165, 1.54) is 0 Å². The van der Waals surface area contributed by atoms with Crippen LogP contribution < -0.4 is 10.1 Å². The molecule has 5 nitrogen and oxygen atoms in total. The lowest BCUT2D eigenvalue weighted by Crippen LogP contribution is -2.28. The standard InChI is InChI=1S/C22H23ClN2O3/c1-3-19(15-8-10-16(27-2)11-9-15)25-21(26)12-13-22-24-14-20(28-22)17-6-4-5-7-18(17)23/h4-11,14,19H,3,12-13H2,1-2H3,(H,25,26). The van der Waals surface area contributed by atoms with Gasteiger partial charge in [-0.3, -0.25) is 4.79 Å². The van der Waals surface area contributed by atoms with Crippen LogP contribution >= 0.6 is 11.6 Å². The molecule has 3 aromatic rings. The highest BCUT2D eigenvalue weighted by Gasteiger charge is 2.15. The fourth-order valence-electron chi connectivity index (χ4n) is 2.96. The van der Waals surface area contributed by atoms with E-state index >= 15 is 0 Å². The average Bonchev–Trinajstić information content (AvgIpc) is 3.20. The van der Waals surface area contributed by atoms with E-state index in [2.05, 4.69) is 10.3 Å². The molecule has 0 aliphatic carbocycles. The highest BCUT2D eigenvalue weighted by Crippen LogP contribution is 2.28. The van der Waals surface area contributed by atoms with Gasteiger partial charge in [-0.05, 0) is 36.2 Å². The first kappa shape index (κ1) is 20.0. The van der Waals surface area contributed by atoms with Gasteiger partial charge < -0.3 is 14.5 Å². The number of methoxy groups -OCH3 is 1. The molecule has 2 aromatic carbocycles. The molecule has 0 saturated heterocycles. The van der Waals surface area contributed by atoms with Crippen molar-refractivity contribution in [1.29, 1.82) is 0 Å². The second-order valence-corrected chi connectivity index (χ2v) is 6.81. The van der Waals surface area contributed by atoms with E-state index in [9.17, 15) is 4.79 Å². The van der Waals surface area contributed by atoms with Crippen LogP contribution in [0.25, 0.3) is 11.3 Å². The second-order valence-electron chi connectivity index (χ2n) is 6.40. The summed E-state index contributed by atoms with van der Waals surface area (Å²) in [4.78, 5) is 16.6. The number of carbonyl (C=O) groups is 1. The normalized spacial score (nSPS) is 11.8. The molecule has 1 N–H and O–H groups in total. The molecule has 1 amide bonds. The lowest BCUT2D eigenvalue weighted by atomic mass is 10.0. The molecule has 6 heteroatoms. The molecule has 0 saturated carbocycles. The van der Waals surface area contributed by atoms with Gasteiger partial charge in [-0.25, -0.2) is 4.98 Å². The van der Waals surface area contributed by atoms with Gasteiger partial charge in [0.05, 0.1) is 24.4 Å². The maximum atomic E-state index is 12.4. The number of aryl methyl sites for hydroxylation is 1. The maximum Gasteiger partial charge on any atom is 0.220 e. The van der Waals surface area contributed by atoms with Crippen LogP contribution in [0.2, 0.25) is 5.02 Å². The minimum absolute atomic E-state index is 0.0401. The molecule has 1 aromatic heterocycles. The van der Waals surface area contributed by atoms with Crippen LogP contribution in [0.1, 0.15) is 37.3 Å². The van der Waals surface area contributed by atoms with Crippen molar-refractivity contribution in [2.24, 2.45) is 0 Å². The van der Waals surface area contributed by atoms with Crippen LogP contribution in [0.5, 0.6) is 5.75 Å². The predicted molar refractivity (Wildman–Crippen MR) is 109 cm³/mol. The van der Waals surface area contributed by atoms with Crippen molar-refractivity contribution in [3.05, 3.63) is 71.2 Å². The Morgan fingerprint density at radius 3 is 2.64 bits per heavy atom. The van der Waals surface area contributed by atoms with Gasteiger partial charge in [-0.1, -0.05) is 42.8 Å². The Bertz CT molecular complexity index is 922. The molecule has 0 fully saturated rings.